The molecule has 2 N–H and O–H groups in total. The number of nitrogens with two attached hydrogens (primary N) is 1. The summed E-state index contributed by atoms with van der Waals surface area (Å²) in [7, 11) is 1.34. The lowest BCUT2D eigenvalue weighted by Crippen LogP contribution is -2.07. The van der Waals surface area contributed by atoms with E-state index in [0.29, 0.717) is 4.88 Å². The van der Waals surface area contributed by atoms with Gasteiger partial charge in [0, 0.05) is 6.42 Å². The van der Waals surface area contributed by atoms with Gasteiger partial charge in [0.25, 0.3) is 0 Å². The third-order valence-corrected chi connectivity index (χ3v) is 2.56. The minimum atomic E-state index is -0.380. The average molecular weight is 225 g/mol. The molecule has 1 rings (SSSR count). The van der Waals surface area contributed by atoms with Crippen molar-refractivity contribution >= 4 is 29.3 Å². The summed E-state index contributed by atoms with van der Waals surface area (Å²) in [5, 5.41) is 1.81. The Bertz CT molecular complexity index is 395. The fraction of sp³-hybridized carbons (Fsp3) is 0.200. The van der Waals surface area contributed by atoms with Gasteiger partial charge in [-0.15, -0.1) is 11.3 Å². The van der Waals surface area contributed by atoms with Gasteiger partial charge in [0.15, 0.2) is 0 Å². The zero-order valence-corrected chi connectivity index (χ0v) is 9.04. The first-order valence-electron chi connectivity index (χ1n) is 4.25. The standard InChI is InChI=1S/C10H11NO3S/c1-14-10(13)8-5-7(6-15-8)3-2-4-9(11)12/h2-3,5-6H,4H2,1H3,(H2,11,12). The number of hydrogen-bond acceptors (Lipinski definition) is 4. The summed E-state index contributed by atoms with van der Waals surface area (Å²) < 4.78 is 4.57. The van der Waals surface area contributed by atoms with E-state index in [1.54, 1.807) is 18.2 Å². The summed E-state index contributed by atoms with van der Waals surface area (Å²) in [5.41, 5.74) is 5.83. The lowest BCUT2D eigenvalue weighted by molar-refractivity contribution is -0.117. The van der Waals surface area contributed by atoms with Crippen LogP contribution in [0.2, 0.25) is 0 Å². The van der Waals surface area contributed by atoms with Gasteiger partial charge in [0.2, 0.25) is 5.91 Å². The van der Waals surface area contributed by atoms with Gasteiger partial charge in [0.05, 0.1) is 7.11 Å². The van der Waals surface area contributed by atoms with Crippen LogP contribution in [0.25, 0.3) is 6.08 Å². The van der Waals surface area contributed by atoms with E-state index in [1.165, 1.54) is 18.4 Å². The Morgan fingerprint density at radius 2 is 2.33 bits per heavy atom. The minimum Gasteiger partial charge on any atom is -0.465 e. The smallest absolute Gasteiger partial charge is 0.348 e. The third kappa shape index (κ3) is 3.55. The van der Waals surface area contributed by atoms with E-state index >= 15 is 0 Å². The Labute approximate surface area is 91.3 Å². The van der Waals surface area contributed by atoms with Crippen molar-refractivity contribution < 1.29 is 14.3 Å². The highest BCUT2D eigenvalue weighted by Crippen LogP contribution is 2.16. The highest BCUT2D eigenvalue weighted by molar-refractivity contribution is 7.12. The lowest BCUT2D eigenvalue weighted by atomic mass is 10.2. The molecule has 0 aliphatic rings. The monoisotopic (exact) mass is 225 g/mol. The summed E-state index contributed by atoms with van der Waals surface area (Å²) in [6, 6.07) is 1.70. The van der Waals surface area contributed by atoms with E-state index in [0.717, 1.165) is 5.56 Å². The molecule has 0 radical (unpaired) electrons. The van der Waals surface area contributed by atoms with Gasteiger partial charge in [-0.3, -0.25) is 4.79 Å². The first-order chi connectivity index (χ1) is 7.13. The Kier molecular flexibility index (Phi) is 4.05. The summed E-state index contributed by atoms with van der Waals surface area (Å²) in [5.74, 6) is -0.732. The molecule has 80 valence electrons. The molecule has 0 aliphatic carbocycles. The van der Waals surface area contributed by atoms with Crippen LogP contribution >= 0.6 is 11.3 Å². The normalized spacial score (nSPS) is 10.5. The van der Waals surface area contributed by atoms with Gasteiger partial charge in [0.1, 0.15) is 4.88 Å². The number of ether oxygens (including phenoxy) is 1. The highest BCUT2D eigenvalue weighted by atomic mass is 32.1. The van der Waals surface area contributed by atoms with Crippen molar-refractivity contribution in [1.82, 2.24) is 0 Å². The zero-order chi connectivity index (χ0) is 11.3. The summed E-state index contributed by atoms with van der Waals surface area (Å²) >= 11 is 1.30. The van der Waals surface area contributed by atoms with Crippen LogP contribution < -0.4 is 5.73 Å². The molecule has 0 saturated heterocycles. The fourth-order valence-electron chi connectivity index (χ4n) is 0.957. The SMILES string of the molecule is COC(=O)c1cc(C=CCC(N)=O)cs1. The van der Waals surface area contributed by atoms with Gasteiger partial charge in [-0.05, 0) is 17.0 Å². The van der Waals surface area contributed by atoms with Gasteiger partial charge in [-0.1, -0.05) is 12.2 Å². The number of primary amides is 1. The number of carbonyl (C=O) groups is 2. The maximum atomic E-state index is 11.1. The van der Waals surface area contributed by atoms with Crippen LogP contribution in [0.4, 0.5) is 0 Å². The molecule has 1 aromatic heterocycles. The largest absolute Gasteiger partial charge is 0.465 e. The molecular formula is C10H11NO3S. The first kappa shape index (κ1) is 11.5. The minimum absolute atomic E-state index is 0.198. The van der Waals surface area contributed by atoms with Gasteiger partial charge < -0.3 is 10.5 Å². The van der Waals surface area contributed by atoms with E-state index in [2.05, 4.69) is 4.74 Å². The molecule has 0 aliphatic heterocycles. The lowest BCUT2D eigenvalue weighted by Gasteiger charge is -1.91. The average Bonchev–Trinajstić information content (AvgIpc) is 2.65. The molecule has 0 fully saturated rings. The second kappa shape index (κ2) is 5.31. The molecule has 0 saturated carbocycles. The molecule has 1 amide bonds. The zero-order valence-electron chi connectivity index (χ0n) is 8.23. The number of amides is 1. The Hall–Kier alpha value is -1.62. The first-order valence-corrected chi connectivity index (χ1v) is 5.13. The van der Waals surface area contributed by atoms with Gasteiger partial charge in [-0.2, -0.15) is 0 Å². The topological polar surface area (TPSA) is 69.4 Å². The van der Waals surface area contributed by atoms with Crippen LogP contribution in [0.1, 0.15) is 21.7 Å². The van der Waals surface area contributed by atoms with Crippen molar-refractivity contribution in [3.63, 3.8) is 0 Å². The molecule has 15 heavy (non-hydrogen) atoms. The van der Waals surface area contributed by atoms with Crippen LogP contribution in [0.5, 0.6) is 0 Å². The van der Waals surface area contributed by atoms with E-state index < -0.39 is 0 Å². The summed E-state index contributed by atoms with van der Waals surface area (Å²) in [6.07, 6.45) is 3.60. The highest BCUT2D eigenvalue weighted by Gasteiger charge is 2.06. The molecule has 0 aromatic carbocycles. The van der Waals surface area contributed by atoms with Crippen LogP contribution in [-0.4, -0.2) is 19.0 Å². The molecule has 0 bridgehead atoms. The van der Waals surface area contributed by atoms with Crippen LogP contribution in [0.15, 0.2) is 17.5 Å². The number of thiophene rings is 1. The molecule has 1 aromatic rings. The number of methoxy groups -OCH3 is 1. The third-order valence-electron chi connectivity index (χ3n) is 1.64. The molecule has 4 nitrogen and oxygen atoms in total. The van der Waals surface area contributed by atoms with E-state index in [-0.39, 0.29) is 18.3 Å². The maximum absolute atomic E-state index is 11.1. The molecule has 1 heterocycles. The van der Waals surface area contributed by atoms with Crippen molar-refractivity contribution in [2.75, 3.05) is 7.11 Å². The van der Waals surface area contributed by atoms with E-state index in [4.69, 9.17) is 5.73 Å². The molecule has 0 unspecified atom stereocenters. The summed E-state index contributed by atoms with van der Waals surface area (Å²) in [4.78, 5) is 22.1. The van der Waals surface area contributed by atoms with Crippen molar-refractivity contribution in [3.05, 3.63) is 28.0 Å². The van der Waals surface area contributed by atoms with Crippen LogP contribution in [0.3, 0.4) is 0 Å². The van der Waals surface area contributed by atoms with Crippen molar-refractivity contribution in [2.45, 2.75) is 6.42 Å². The van der Waals surface area contributed by atoms with Crippen LogP contribution in [0, 0.1) is 0 Å². The number of carbonyl (C=O) groups excluding carboxylic acids is 2. The molecular weight excluding hydrogens is 214 g/mol. The van der Waals surface area contributed by atoms with Gasteiger partial charge in [-0.25, -0.2) is 4.79 Å². The fourth-order valence-corrected chi connectivity index (χ4v) is 1.75. The van der Waals surface area contributed by atoms with E-state index in [9.17, 15) is 9.59 Å². The number of hydrogen-bond donors (Lipinski definition) is 1. The summed E-state index contributed by atoms with van der Waals surface area (Å²) in [6.45, 7) is 0. The molecule has 5 heteroatoms. The predicted molar refractivity (Wildman–Crippen MR) is 58.5 cm³/mol. The second-order valence-electron chi connectivity index (χ2n) is 2.81. The Morgan fingerprint density at radius 1 is 1.60 bits per heavy atom. The van der Waals surface area contributed by atoms with Crippen molar-refractivity contribution in [1.29, 1.82) is 0 Å². The second-order valence-corrected chi connectivity index (χ2v) is 3.72. The maximum Gasteiger partial charge on any atom is 0.348 e. The predicted octanol–water partition coefficient (Wildman–Crippen LogP) is 1.42. The Morgan fingerprint density at radius 3 is 2.93 bits per heavy atom. The molecule has 0 atom stereocenters. The number of esters is 1. The van der Waals surface area contributed by atoms with Crippen molar-refractivity contribution in [3.8, 4) is 0 Å². The number of rotatable bonds is 4. The van der Waals surface area contributed by atoms with Crippen LogP contribution in [-0.2, 0) is 9.53 Å². The quantitative estimate of drug-likeness (QED) is 0.788. The van der Waals surface area contributed by atoms with Gasteiger partial charge >= 0.3 is 5.97 Å². The molecule has 0 spiro atoms. The Balaban J connectivity index is 2.64. The van der Waals surface area contributed by atoms with E-state index in [1.807, 2.05) is 5.38 Å². The van der Waals surface area contributed by atoms with Crippen molar-refractivity contribution in [2.24, 2.45) is 5.73 Å².